The fraction of sp³-hybridized carbons (Fsp3) is 0.500. The summed E-state index contributed by atoms with van der Waals surface area (Å²) in [6, 6.07) is 5.33. The first-order valence-electron chi connectivity index (χ1n) is 7.39. The highest BCUT2D eigenvalue weighted by Gasteiger charge is 2.19. The molecule has 0 fully saturated rings. The highest BCUT2D eigenvalue weighted by atomic mass is 19.1. The topological polar surface area (TPSA) is 70.7 Å². The second-order valence-electron chi connectivity index (χ2n) is 5.49. The lowest BCUT2D eigenvalue weighted by Gasteiger charge is -2.24. The molecule has 0 spiro atoms. The molecular formula is C16H24FN3O3. The Labute approximate surface area is 136 Å². The van der Waals surface area contributed by atoms with Gasteiger partial charge in [-0.15, -0.1) is 0 Å². The van der Waals surface area contributed by atoms with Crippen LogP contribution < -0.4 is 10.6 Å². The molecule has 0 aliphatic rings. The third-order valence-corrected chi connectivity index (χ3v) is 3.46. The first-order chi connectivity index (χ1) is 10.8. The molecule has 1 rings (SSSR count). The van der Waals surface area contributed by atoms with Gasteiger partial charge in [0.05, 0.1) is 19.2 Å². The number of halogens is 1. The van der Waals surface area contributed by atoms with Crippen molar-refractivity contribution >= 4 is 11.9 Å². The minimum atomic E-state index is -0.577. The molecular weight excluding hydrogens is 301 g/mol. The summed E-state index contributed by atoms with van der Waals surface area (Å²) in [5.41, 5.74) is 0.501. The van der Waals surface area contributed by atoms with E-state index in [0.29, 0.717) is 12.2 Å². The van der Waals surface area contributed by atoms with Gasteiger partial charge in [-0.1, -0.05) is 18.2 Å². The Balaban J connectivity index is 2.50. The van der Waals surface area contributed by atoms with Crippen molar-refractivity contribution in [2.75, 3.05) is 27.3 Å². The van der Waals surface area contributed by atoms with Crippen LogP contribution in [0.2, 0.25) is 0 Å². The van der Waals surface area contributed by atoms with Gasteiger partial charge in [0, 0.05) is 18.7 Å². The minimum absolute atomic E-state index is 0.0262. The molecule has 0 aliphatic heterocycles. The van der Waals surface area contributed by atoms with E-state index in [1.807, 2.05) is 0 Å². The summed E-state index contributed by atoms with van der Waals surface area (Å²) in [7, 11) is 3.22. The third-order valence-electron chi connectivity index (χ3n) is 3.46. The number of nitrogens with one attached hydrogen (secondary N) is 2. The number of hydrogen-bond acceptors (Lipinski definition) is 4. The highest BCUT2D eigenvalue weighted by Crippen LogP contribution is 2.20. The predicted octanol–water partition coefficient (Wildman–Crippen LogP) is 1.68. The zero-order chi connectivity index (χ0) is 17.4. The van der Waals surface area contributed by atoms with E-state index in [4.69, 9.17) is 4.74 Å². The molecule has 7 heteroatoms. The lowest BCUT2D eigenvalue weighted by Crippen LogP contribution is -2.47. The van der Waals surface area contributed by atoms with Gasteiger partial charge in [-0.25, -0.2) is 9.18 Å². The molecule has 2 N–H and O–H groups in total. The van der Waals surface area contributed by atoms with Crippen molar-refractivity contribution in [1.82, 2.24) is 15.5 Å². The van der Waals surface area contributed by atoms with Crippen LogP contribution in [0, 0.1) is 5.82 Å². The van der Waals surface area contributed by atoms with Crippen molar-refractivity contribution in [2.45, 2.75) is 25.9 Å². The molecule has 0 aromatic heterocycles. The molecule has 0 heterocycles. The number of carbonyl (C=O) groups is 2. The van der Waals surface area contributed by atoms with Crippen LogP contribution in [-0.4, -0.2) is 50.2 Å². The monoisotopic (exact) mass is 325 g/mol. The van der Waals surface area contributed by atoms with Crippen molar-refractivity contribution in [2.24, 2.45) is 0 Å². The number of likely N-dealkylation sites (N-methyl/N-ethyl adjacent to an activating group) is 1. The molecule has 0 radical (unpaired) electrons. The van der Waals surface area contributed by atoms with Gasteiger partial charge in [-0.2, -0.15) is 0 Å². The fourth-order valence-corrected chi connectivity index (χ4v) is 2.13. The second-order valence-corrected chi connectivity index (χ2v) is 5.49. The average molecular weight is 325 g/mol. The van der Waals surface area contributed by atoms with E-state index < -0.39 is 11.9 Å². The summed E-state index contributed by atoms with van der Waals surface area (Å²) < 4.78 is 18.7. The molecule has 6 nitrogen and oxygen atoms in total. The first-order valence-corrected chi connectivity index (χ1v) is 7.39. The summed E-state index contributed by atoms with van der Waals surface area (Å²) in [5, 5.41) is 4.82. The van der Waals surface area contributed by atoms with Crippen molar-refractivity contribution in [1.29, 1.82) is 0 Å². The molecule has 0 saturated heterocycles. The van der Waals surface area contributed by atoms with Crippen LogP contribution in [0.15, 0.2) is 24.3 Å². The molecule has 128 valence electrons. The number of hydrogen-bond donors (Lipinski definition) is 2. The van der Waals surface area contributed by atoms with Crippen molar-refractivity contribution in [3.05, 3.63) is 35.6 Å². The Morgan fingerprint density at radius 2 is 1.96 bits per heavy atom. The lowest BCUT2D eigenvalue weighted by atomic mass is 10.1. The van der Waals surface area contributed by atoms with E-state index in [1.165, 1.54) is 13.2 Å². The molecule has 1 aromatic carbocycles. The van der Waals surface area contributed by atoms with E-state index in [9.17, 15) is 14.0 Å². The van der Waals surface area contributed by atoms with Crippen LogP contribution in [0.25, 0.3) is 0 Å². The number of urea groups is 1. The van der Waals surface area contributed by atoms with Crippen molar-refractivity contribution in [3.63, 3.8) is 0 Å². The van der Waals surface area contributed by atoms with E-state index in [2.05, 4.69) is 10.6 Å². The zero-order valence-corrected chi connectivity index (χ0v) is 13.9. The number of carbonyl (C=O) groups excluding carboxylic acids is 2. The Bertz CT molecular complexity index is 539. The van der Waals surface area contributed by atoms with Gasteiger partial charge in [-0.3, -0.25) is 15.0 Å². The van der Waals surface area contributed by atoms with Gasteiger partial charge in [0.25, 0.3) is 0 Å². The number of imide groups is 1. The molecule has 1 aromatic rings. The molecule has 2 unspecified atom stereocenters. The Morgan fingerprint density at radius 3 is 2.57 bits per heavy atom. The second kappa shape index (κ2) is 9.22. The lowest BCUT2D eigenvalue weighted by molar-refractivity contribution is -0.121. The Kier molecular flexibility index (Phi) is 7.64. The molecule has 0 aliphatic carbocycles. The van der Waals surface area contributed by atoms with Crippen LogP contribution in [0.1, 0.15) is 25.5 Å². The van der Waals surface area contributed by atoms with Crippen molar-refractivity contribution < 1.29 is 18.7 Å². The van der Waals surface area contributed by atoms with E-state index in [0.717, 1.165) is 0 Å². The van der Waals surface area contributed by atoms with Crippen LogP contribution in [0.5, 0.6) is 0 Å². The van der Waals surface area contributed by atoms with Gasteiger partial charge in [-0.05, 0) is 27.0 Å². The van der Waals surface area contributed by atoms with E-state index >= 15 is 0 Å². The Morgan fingerprint density at radius 1 is 1.30 bits per heavy atom. The Hall–Kier alpha value is -1.99. The number of methoxy groups -OCH3 is 1. The fourth-order valence-electron chi connectivity index (χ4n) is 2.13. The maximum absolute atomic E-state index is 13.8. The largest absolute Gasteiger partial charge is 0.383 e. The summed E-state index contributed by atoms with van der Waals surface area (Å²) in [6.07, 6.45) is 0. The molecule has 3 amide bonds. The quantitative estimate of drug-likeness (QED) is 0.800. The van der Waals surface area contributed by atoms with E-state index in [1.54, 1.807) is 44.0 Å². The summed E-state index contributed by atoms with van der Waals surface area (Å²) in [4.78, 5) is 25.2. The summed E-state index contributed by atoms with van der Waals surface area (Å²) in [6.45, 7) is 3.89. The summed E-state index contributed by atoms with van der Waals surface area (Å²) in [5.74, 6) is -0.781. The molecule has 0 bridgehead atoms. The van der Waals surface area contributed by atoms with Crippen LogP contribution in [0.4, 0.5) is 9.18 Å². The zero-order valence-electron chi connectivity index (χ0n) is 13.9. The smallest absolute Gasteiger partial charge is 0.321 e. The van der Waals surface area contributed by atoms with Crippen LogP contribution in [-0.2, 0) is 9.53 Å². The maximum atomic E-state index is 13.8. The third kappa shape index (κ3) is 6.33. The molecule has 2 atom stereocenters. The van der Waals surface area contributed by atoms with Crippen LogP contribution >= 0.6 is 0 Å². The van der Waals surface area contributed by atoms with Crippen molar-refractivity contribution in [3.8, 4) is 0 Å². The predicted molar refractivity (Wildman–Crippen MR) is 85.5 cm³/mol. The van der Waals surface area contributed by atoms with Gasteiger partial charge < -0.3 is 10.1 Å². The normalized spacial score (nSPS) is 13.5. The number of ether oxygens (including phenoxy) is 1. The minimum Gasteiger partial charge on any atom is -0.383 e. The summed E-state index contributed by atoms with van der Waals surface area (Å²) >= 11 is 0. The van der Waals surface area contributed by atoms with Gasteiger partial charge >= 0.3 is 6.03 Å². The first kappa shape index (κ1) is 19.1. The van der Waals surface area contributed by atoms with Gasteiger partial charge in [0.15, 0.2) is 0 Å². The number of amides is 3. The SMILES string of the molecule is COCC(C)NC(=O)NC(=O)CN(C)C(C)c1ccccc1F. The number of nitrogens with zero attached hydrogens (tertiary/aromatic N) is 1. The molecule has 0 saturated carbocycles. The molecule has 23 heavy (non-hydrogen) atoms. The maximum Gasteiger partial charge on any atom is 0.321 e. The van der Waals surface area contributed by atoms with Gasteiger partial charge in [0.1, 0.15) is 5.82 Å². The average Bonchev–Trinajstić information content (AvgIpc) is 2.46. The van der Waals surface area contributed by atoms with Crippen LogP contribution in [0.3, 0.4) is 0 Å². The highest BCUT2D eigenvalue weighted by molar-refractivity contribution is 5.95. The number of rotatable bonds is 7. The number of benzene rings is 1. The van der Waals surface area contributed by atoms with Gasteiger partial charge in [0.2, 0.25) is 5.91 Å². The van der Waals surface area contributed by atoms with E-state index in [-0.39, 0.29) is 24.4 Å². The standard InChI is InChI=1S/C16H24FN3O3/c1-11(10-23-4)18-16(22)19-15(21)9-20(3)12(2)13-7-5-6-8-14(13)17/h5-8,11-12H,9-10H2,1-4H3,(H2,18,19,21,22).